The number of non-ortho nitro benzene ring substituents is 1. The third kappa shape index (κ3) is 6.55. The molecule has 1 aromatic heterocycles. The number of nitro benzene ring substituents is 1. The van der Waals surface area contributed by atoms with Gasteiger partial charge in [-0.25, -0.2) is 0 Å². The van der Waals surface area contributed by atoms with Crippen LogP contribution in [0, 0.1) is 10.1 Å². The Morgan fingerprint density at radius 3 is 2.59 bits per heavy atom. The van der Waals surface area contributed by atoms with Crippen LogP contribution < -0.4 is 10.2 Å². The Morgan fingerprint density at radius 1 is 1.08 bits per heavy atom. The number of nitro groups is 1. The molecule has 2 heterocycles. The zero-order valence-corrected chi connectivity index (χ0v) is 21.0. The summed E-state index contributed by atoms with van der Waals surface area (Å²) < 4.78 is 5.59. The summed E-state index contributed by atoms with van der Waals surface area (Å²) >= 11 is 0. The summed E-state index contributed by atoms with van der Waals surface area (Å²) in [4.78, 5) is 41.2. The number of hydrogen-bond acceptors (Lipinski definition) is 6. The minimum absolute atomic E-state index is 0.0675. The van der Waals surface area contributed by atoms with Gasteiger partial charge in [0.2, 0.25) is 0 Å². The molecule has 0 radical (unpaired) electrons. The van der Waals surface area contributed by atoms with E-state index in [1.54, 1.807) is 18.4 Å². The van der Waals surface area contributed by atoms with E-state index in [0.29, 0.717) is 30.9 Å². The number of unbranched alkanes of at least 4 members (excludes halogenated alkanes) is 1. The lowest BCUT2D eigenvalue weighted by molar-refractivity contribution is -0.384. The van der Waals surface area contributed by atoms with Crippen molar-refractivity contribution in [1.82, 2.24) is 4.90 Å². The number of carbonyl (C=O) groups excluding carboxylic acids is 2. The average Bonchev–Trinajstić information content (AvgIpc) is 3.44. The van der Waals surface area contributed by atoms with Crippen molar-refractivity contribution in [3.8, 4) is 0 Å². The molecule has 9 heteroatoms. The first-order valence-electron chi connectivity index (χ1n) is 12.7. The summed E-state index contributed by atoms with van der Waals surface area (Å²) in [5.41, 5.74) is 1.77. The van der Waals surface area contributed by atoms with Crippen molar-refractivity contribution >= 4 is 28.9 Å². The van der Waals surface area contributed by atoms with Gasteiger partial charge in [0.1, 0.15) is 5.76 Å². The molecule has 0 unspecified atom stereocenters. The molecule has 37 heavy (non-hydrogen) atoms. The first-order chi connectivity index (χ1) is 18.0. The average molecular weight is 505 g/mol. The Balaban J connectivity index is 1.67. The second-order valence-electron chi connectivity index (χ2n) is 9.20. The van der Waals surface area contributed by atoms with Crippen molar-refractivity contribution in [1.29, 1.82) is 0 Å². The van der Waals surface area contributed by atoms with Crippen molar-refractivity contribution in [2.24, 2.45) is 0 Å². The minimum atomic E-state index is -0.537. The van der Waals surface area contributed by atoms with E-state index in [2.05, 4.69) is 17.1 Å². The third-order valence-electron chi connectivity index (χ3n) is 6.50. The standard InChI is InChI=1S/C28H32N4O5/c1-2-3-14-31(20-24-11-8-17-37-24)26-13-12-22(19-25(26)28(34)30-15-5-4-6-16-30)29-27(33)21-9-7-10-23(18-21)32(35)36/h7-13,17-19H,2-6,14-16,20H2,1H3,(H,29,33). The smallest absolute Gasteiger partial charge is 0.270 e. The largest absolute Gasteiger partial charge is 0.467 e. The molecule has 1 aliphatic rings. The molecule has 0 atom stereocenters. The van der Waals surface area contributed by atoms with Crippen LogP contribution in [0.2, 0.25) is 0 Å². The number of piperidine rings is 1. The molecule has 2 aromatic carbocycles. The Morgan fingerprint density at radius 2 is 1.89 bits per heavy atom. The summed E-state index contributed by atoms with van der Waals surface area (Å²) in [5.74, 6) is 0.254. The number of carbonyl (C=O) groups is 2. The van der Waals surface area contributed by atoms with Crippen molar-refractivity contribution in [2.75, 3.05) is 29.9 Å². The zero-order chi connectivity index (χ0) is 26.2. The molecule has 0 aliphatic carbocycles. The van der Waals surface area contributed by atoms with E-state index >= 15 is 0 Å². The highest BCUT2D eigenvalue weighted by Crippen LogP contribution is 2.29. The molecular formula is C28H32N4O5. The fraction of sp³-hybridized carbons (Fsp3) is 0.357. The quantitative estimate of drug-likeness (QED) is 0.273. The maximum absolute atomic E-state index is 13.7. The van der Waals surface area contributed by atoms with Gasteiger partial charge in [-0.1, -0.05) is 19.4 Å². The van der Waals surface area contributed by atoms with Crippen LogP contribution >= 0.6 is 0 Å². The molecule has 4 rings (SSSR count). The van der Waals surface area contributed by atoms with Crippen LogP contribution in [-0.2, 0) is 6.54 Å². The van der Waals surface area contributed by atoms with Crippen LogP contribution in [0.4, 0.5) is 17.1 Å². The van der Waals surface area contributed by atoms with Crippen LogP contribution in [0.1, 0.15) is 65.5 Å². The van der Waals surface area contributed by atoms with Crippen molar-refractivity contribution < 1.29 is 18.9 Å². The zero-order valence-electron chi connectivity index (χ0n) is 21.0. The Hall–Kier alpha value is -4.14. The van der Waals surface area contributed by atoms with Gasteiger partial charge in [-0.2, -0.15) is 0 Å². The molecule has 0 saturated carbocycles. The second kappa shape index (κ2) is 12.2. The molecule has 2 amide bonds. The first-order valence-corrected chi connectivity index (χ1v) is 12.7. The maximum Gasteiger partial charge on any atom is 0.270 e. The molecule has 3 aromatic rings. The van der Waals surface area contributed by atoms with E-state index in [-0.39, 0.29) is 17.2 Å². The number of amides is 2. The monoisotopic (exact) mass is 504 g/mol. The number of rotatable bonds is 10. The van der Waals surface area contributed by atoms with E-state index in [0.717, 1.165) is 50.1 Å². The first kappa shape index (κ1) is 25.9. The van der Waals surface area contributed by atoms with Crippen molar-refractivity contribution in [3.63, 3.8) is 0 Å². The maximum atomic E-state index is 13.7. The van der Waals surface area contributed by atoms with Crippen LogP contribution in [-0.4, -0.2) is 41.3 Å². The number of hydrogen-bond donors (Lipinski definition) is 1. The highest BCUT2D eigenvalue weighted by molar-refractivity contribution is 6.06. The van der Waals surface area contributed by atoms with Crippen molar-refractivity contribution in [2.45, 2.75) is 45.6 Å². The fourth-order valence-electron chi connectivity index (χ4n) is 4.52. The van der Waals surface area contributed by atoms with Crippen LogP contribution in [0.15, 0.2) is 65.3 Å². The van der Waals surface area contributed by atoms with Crippen LogP contribution in [0.25, 0.3) is 0 Å². The van der Waals surface area contributed by atoms with Gasteiger partial charge in [0.05, 0.1) is 29.0 Å². The normalized spacial score (nSPS) is 13.3. The third-order valence-corrected chi connectivity index (χ3v) is 6.50. The van der Waals surface area contributed by atoms with Gasteiger partial charge in [-0.05, 0) is 62.1 Å². The van der Waals surface area contributed by atoms with Gasteiger partial charge < -0.3 is 19.5 Å². The van der Waals surface area contributed by atoms with Gasteiger partial charge >= 0.3 is 0 Å². The van der Waals surface area contributed by atoms with E-state index in [1.807, 2.05) is 23.1 Å². The van der Waals surface area contributed by atoms with Gasteiger partial charge in [-0.3, -0.25) is 19.7 Å². The van der Waals surface area contributed by atoms with Gasteiger partial charge in [-0.15, -0.1) is 0 Å². The summed E-state index contributed by atoms with van der Waals surface area (Å²) in [6, 6.07) is 14.7. The SMILES string of the molecule is CCCCN(Cc1ccco1)c1ccc(NC(=O)c2cccc([N+](=O)[O-])c2)cc1C(=O)N1CCCCC1. The van der Waals surface area contributed by atoms with E-state index in [4.69, 9.17) is 4.42 Å². The Bertz CT molecular complexity index is 1240. The number of furan rings is 1. The lowest BCUT2D eigenvalue weighted by Gasteiger charge is -2.31. The summed E-state index contributed by atoms with van der Waals surface area (Å²) in [5, 5.41) is 13.9. The molecular weight excluding hydrogens is 472 g/mol. The topological polar surface area (TPSA) is 109 Å². The highest BCUT2D eigenvalue weighted by atomic mass is 16.6. The molecule has 9 nitrogen and oxygen atoms in total. The van der Waals surface area contributed by atoms with E-state index in [1.165, 1.54) is 24.3 Å². The predicted octanol–water partition coefficient (Wildman–Crippen LogP) is 5.87. The minimum Gasteiger partial charge on any atom is -0.467 e. The number of benzene rings is 2. The van der Waals surface area contributed by atoms with Crippen LogP contribution in [0.5, 0.6) is 0 Å². The lowest BCUT2D eigenvalue weighted by atomic mass is 10.1. The predicted molar refractivity (Wildman–Crippen MR) is 142 cm³/mol. The Kier molecular flexibility index (Phi) is 8.56. The number of nitrogens with one attached hydrogen (secondary N) is 1. The van der Waals surface area contributed by atoms with E-state index in [9.17, 15) is 19.7 Å². The van der Waals surface area contributed by atoms with E-state index < -0.39 is 10.8 Å². The molecule has 1 saturated heterocycles. The van der Waals surface area contributed by atoms with Gasteiger partial charge in [0.15, 0.2) is 0 Å². The highest BCUT2D eigenvalue weighted by Gasteiger charge is 2.24. The second-order valence-corrected chi connectivity index (χ2v) is 9.20. The fourth-order valence-corrected chi connectivity index (χ4v) is 4.52. The lowest BCUT2D eigenvalue weighted by Crippen LogP contribution is -2.37. The number of anilines is 2. The van der Waals surface area contributed by atoms with Crippen molar-refractivity contribution in [3.05, 3.63) is 87.9 Å². The molecule has 1 N–H and O–H groups in total. The number of nitrogens with zero attached hydrogens (tertiary/aromatic N) is 3. The summed E-state index contributed by atoms with van der Waals surface area (Å²) in [7, 11) is 0. The summed E-state index contributed by atoms with van der Waals surface area (Å²) in [6.07, 6.45) is 6.63. The Labute approximate surface area is 216 Å². The molecule has 0 spiro atoms. The molecule has 1 aliphatic heterocycles. The summed E-state index contributed by atoms with van der Waals surface area (Å²) in [6.45, 7) is 4.80. The van der Waals surface area contributed by atoms with Gasteiger partial charge in [0, 0.05) is 43.0 Å². The van der Waals surface area contributed by atoms with Crippen LogP contribution in [0.3, 0.4) is 0 Å². The van der Waals surface area contributed by atoms with Gasteiger partial charge in [0.25, 0.3) is 17.5 Å². The number of likely N-dealkylation sites (tertiary alicyclic amines) is 1. The molecule has 194 valence electrons. The molecule has 1 fully saturated rings. The molecule has 0 bridgehead atoms.